The maximum atomic E-state index is 12.3. The highest BCUT2D eigenvalue weighted by molar-refractivity contribution is 7.92. The zero-order valence-electron chi connectivity index (χ0n) is 14.5. The van der Waals surface area contributed by atoms with Gasteiger partial charge in [0.25, 0.3) is 0 Å². The molecule has 9 heteroatoms. The number of nitrogens with zero attached hydrogens (tertiary/aromatic N) is 2. The van der Waals surface area contributed by atoms with Gasteiger partial charge in [0, 0.05) is 24.7 Å². The van der Waals surface area contributed by atoms with Crippen LogP contribution in [-0.2, 0) is 14.8 Å². The Hall–Kier alpha value is -3.25. The molecule has 1 aliphatic heterocycles. The number of hydrogen-bond donors (Lipinski definition) is 1. The van der Waals surface area contributed by atoms with Gasteiger partial charge >= 0.3 is 0 Å². The van der Waals surface area contributed by atoms with Gasteiger partial charge in [-0.3, -0.25) is 9.10 Å². The largest absolute Gasteiger partial charge is 0.454 e. The number of fused-ring (bicyclic) bond motifs is 1. The van der Waals surface area contributed by atoms with Gasteiger partial charge in [0.05, 0.1) is 17.5 Å². The first-order valence-electron chi connectivity index (χ1n) is 8.05. The molecule has 0 unspecified atom stereocenters. The van der Waals surface area contributed by atoms with E-state index in [9.17, 15) is 18.5 Å². The van der Waals surface area contributed by atoms with Crippen LogP contribution >= 0.6 is 0 Å². The Morgan fingerprint density at radius 3 is 2.70 bits per heavy atom. The van der Waals surface area contributed by atoms with Gasteiger partial charge in [-0.1, -0.05) is 12.1 Å². The Morgan fingerprint density at radius 2 is 1.96 bits per heavy atom. The van der Waals surface area contributed by atoms with Crippen molar-refractivity contribution in [3.63, 3.8) is 0 Å². The van der Waals surface area contributed by atoms with E-state index in [2.05, 4.69) is 5.32 Å². The van der Waals surface area contributed by atoms with E-state index in [1.54, 1.807) is 30.3 Å². The summed E-state index contributed by atoms with van der Waals surface area (Å²) in [5.41, 5.74) is 0.991. The smallest absolute Gasteiger partial charge is 0.232 e. The number of nitriles is 1. The Morgan fingerprint density at radius 1 is 1.22 bits per heavy atom. The van der Waals surface area contributed by atoms with Crippen LogP contribution in [0.3, 0.4) is 0 Å². The minimum Gasteiger partial charge on any atom is -0.454 e. The van der Waals surface area contributed by atoms with Crippen molar-refractivity contribution in [1.29, 1.82) is 5.26 Å². The number of amides is 1. The summed E-state index contributed by atoms with van der Waals surface area (Å²) in [6, 6.07) is 13.3. The molecule has 1 amide bonds. The maximum Gasteiger partial charge on any atom is 0.232 e. The lowest BCUT2D eigenvalue weighted by atomic mass is 10.2. The minimum absolute atomic E-state index is 0.0821. The standard InChI is InChI=1S/C18H17N3O5S/c1-27(23,24)21(15-5-3-2-4-13(15)11-19)9-8-18(22)20-14-6-7-16-17(10-14)26-12-25-16/h2-7,10H,8-9,12H2,1H3,(H,20,22). The van der Waals surface area contributed by atoms with Crippen molar-refractivity contribution in [2.45, 2.75) is 6.42 Å². The van der Waals surface area contributed by atoms with Gasteiger partial charge < -0.3 is 14.8 Å². The highest BCUT2D eigenvalue weighted by atomic mass is 32.2. The van der Waals surface area contributed by atoms with Crippen molar-refractivity contribution in [3.05, 3.63) is 48.0 Å². The maximum absolute atomic E-state index is 12.3. The number of sulfonamides is 1. The number of ether oxygens (including phenoxy) is 2. The average molecular weight is 387 g/mol. The van der Waals surface area contributed by atoms with Gasteiger partial charge in [0.1, 0.15) is 6.07 Å². The topological polar surface area (TPSA) is 109 Å². The van der Waals surface area contributed by atoms with Gasteiger partial charge in [-0.15, -0.1) is 0 Å². The number of carbonyl (C=O) groups excluding carboxylic acids is 1. The van der Waals surface area contributed by atoms with Crippen molar-refractivity contribution >= 4 is 27.3 Å². The summed E-state index contributed by atoms with van der Waals surface area (Å²) in [6.45, 7) is 0.0439. The van der Waals surface area contributed by atoms with E-state index in [-0.39, 0.29) is 36.9 Å². The Bertz CT molecular complexity index is 1010. The second-order valence-corrected chi connectivity index (χ2v) is 7.74. The zero-order valence-corrected chi connectivity index (χ0v) is 15.3. The molecular formula is C18H17N3O5S. The molecule has 0 radical (unpaired) electrons. The third-order valence-electron chi connectivity index (χ3n) is 3.89. The second-order valence-electron chi connectivity index (χ2n) is 5.83. The van der Waals surface area contributed by atoms with Crippen molar-refractivity contribution in [2.24, 2.45) is 0 Å². The van der Waals surface area contributed by atoms with Crippen LogP contribution < -0.4 is 19.1 Å². The normalized spacial score (nSPS) is 12.3. The molecule has 2 aromatic carbocycles. The molecule has 0 saturated heterocycles. The van der Waals surface area contributed by atoms with Crippen LogP contribution in [0.5, 0.6) is 11.5 Å². The lowest BCUT2D eigenvalue weighted by molar-refractivity contribution is -0.116. The molecular weight excluding hydrogens is 370 g/mol. The lowest BCUT2D eigenvalue weighted by Crippen LogP contribution is -2.33. The first-order valence-corrected chi connectivity index (χ1v) is 9.89. The monoisotopic (exact) mass is 387 g/mol. The number of rotatable bonds is 6. The van der Waals surface area contributed by atoms with Crippen molar-refractivity contribution < 1.29 is 22.7 Å². The van der Waals surface area contributed by atoms with Crippen LogP contribution in [0, 0.1) is 11.3 Å². The number of nitrogens with one attached hydrogen (secondary N) is 1. The molecule has 1 aliphatic rings. The molecule has 8 nitrogen and oxygen atoms in total. The minimum atomic E-state index is -3.66. The molecule has 0 bridgehead atoms. The molecule has 0 spiro atoms. The number of anilines is 2. The van der Waals surface area contributed by atoms with E-state index >= 15 is 0 Å². The van der Waals surface area contributed by atoms with Crippen molar-refractivity contribution in [3.8, 4) is 17.6 Å². The van der Waals surface area contributed by atoms with Gasteiger partial charge in [0.2, 0.25) is 22.7 Å². The Kier molecular flexibility index (Phi) is 5.19. The Balaban J connectivity index is 1.70. The van der Waals surface area contributed by atoms with E-state index in [4.69, 9.17) is 9.47 Å². The lowest BCUT2D eigenvalue weighted by Gasteiger charge is -2.23. The number of carbonyl (C=O) groups is 1. The van der Waals surface area contributed by atoms with Gasteiger partial charge in [-0.25, -0.2) is 8.42 Å². The van der Waals surface area contributed by atoms with Crippen molar-refractivity contribution in [2.75, 3.05) is 29.2 Å². The SMILES string of the molecule is CS(=O)(=O)N(CCC(=O)Nc1ccc2c(c1)OCO2)c1ccccc1C#N. The molecule has 3 rings (SSSR count). The average Bonchev–Trinajstić information content (AvgIpc) is 3.09. The first-order chi connectivity index (χ1) is 12.9. The van der Waals surface area contributed by atoms with E-state index in [1.807, 2.05) is 6.07 Å². The molecule has 0 aromatic heterocycles. The predicted molar refractivity (Wildman–Crippen MR) is 99.2 cm³/mol. The number of para-hydroxylation sites is 1. The summed E-state index contributed by atoms with van der Waals surface area (Å²) in [5.74, 6) is 0.773. The zero-order chi connectivity index (χ0) is 19.4. The molecule has 1 N–H and O–H groups in total. The summed E-state index contributed by atoms with van der Waals surface area (Å²) in [4.78, 5) is 12.3. The van der Waals surface area contributed by atoms with Crippen LogP contribution in [0.15, 0.2) is 42.5 Å². The van der Waals surface area contributed by atoms with Gasteiger partial charge in [-0.05, 0) is 24.3 Å². The molecule has 0 fully saturated rings. The molecule has 0 aliphatic carbocycles. The fraction of sp³-hybridized carbons (Fsp3) is 0.222. The molecule has 140 valence electrons. The van der Waals surface area contributed by atoms with Crippen LogP contribution in [0.1, 0.15) is 12.0 Å². The third-order valence-corrected chi connectivity index (χ3v) is 5.07. The molecule has 0 saturated carbocycles. The van der Waals surface area contributed by atoms with Crippen LogP contribution in [0.25, 0.3) is 0 Å². The summed E-state index contributed by atoms with van der Waals surface area (Å²) in [5, 5.41) is 11.9. The van der Waals surface area contributed by atoms with E-state index in [0.29, 0.717) is 17.2 Å². The Labute approximate surface area is 157 Å². The first kappa shape index (κ1) is 18.5. The quantitative estimate of drug-likeness (QED) is 0.813. The summed E-state index contributed by atoms with van der Waals surface area (Å²) in [6.07, 6.45) is 0.957. The highest BCUT2D eigenvalue weighted by Crippen LogP contribution is 2.34. The van der Waals surface area contributed by atoms with E-state index in [0.717, 1.165) is 10.6 Å². The van der Waals surface area contributed by atoms with Crippen LogP contribution in [0.2, 0.25) is 0 Å². The highest BCUT2D eigenvalue weighted by Gasteiger charge is 2.21. The predicted octanol–water partition coefficient (Wildman–Crippen LogP) is 2.08. The van der Waals surface area contributed by atoms with E-state index in [1.165, 1.54) is 12.1 Å². The molecule has 0 atom stereocenters. The summed E-state index contributed by atoms with van der Waals surface area (Å²) in [7, 11) is -3.66. The van der Waals surface area contributed by atoms with Crippen LogP contribution in [0.4, 0.5) is 11.4 Å². The third kappa shape index (κ3) is 4.30. The molecule has 1 heterocycles. The fourth-order valence-electron chi connectivity index (χ4n) is 2.65. The van der Waals surface area contributed by atoms with Gasteiger partial charge in [0.15, 0.2) is 11.5 Å². The van der Waals surface area contributed by atoms with Crippen molar-refractivity contribution in [1.82, 2.24) is 0 Å². The molecule has 27 heavy (non-hydrogen) atoms. The summed E-state index contributed by atoms with van der Waals surface area (Å²) < 4.78 is 35.8. The summed E-state index contributed by atoms with van der Waals surface area (Å²) >= 11 is 0. The van der Waals surface area contributed by atoms with E-state index < -0.39 is 10.0 Å². The fourth-order valence-corrected chi connectivity index (χ4v) is 3.59. The van der Waals surface area contributed by atoms with Crippen LogP contribution in [-0.4, -0.2) is 33.9 Å². The second kappa shape index (κ2) is 7.55. The number of benzene rings is 2. The van der Waals surface area contributed by atoms with Gasteiger partial charge in [-0.2, -0.15) is 5.26 Å². The number of hydrogen-bond acceptors (Lipinski definition) is 6. The molecule has 2 aromatic rings.